The van der Waals surface area contributed by atoms with Gasteiger partial charge in [0, 0.05) is 24.3 Å². The quantitative estimate of drug-likeness (QED) is 0.849. The number of hydrogen-bond donors (Lipinski definition) is 1. The van der Waals surface area contributed by atoms with Crippen molar-refractivity contribution in [3.05, 3.63) is 60.4 Å². The summed E-state index contributed by atoms with van der Waals surface area (Å²) in [4.78, 5) is 0. The van der Waals surface area contributed by atoms with Crippen molar-refractivity contribution in [3.8, 4) is 5.69 Å². The first kappa shape index (κ1) is 12.2. The van der Waals surface area contributed by atoms with Crippen LogP contribution in [0.5, 0.6) is 0 Å². The van der Waals surface area contributed by atoms with Crippen molar-refractivity contribution in [2.24, 2.45) is 0 Å². The third kappa shape index (κ3) is 3.12. The number of rotatable bonds is 4. The van der Waals surface area contributed by atoms with E-state index in [2.05, 4.69) is 40.9 Å². The summed E-state index contributed by atoms with van der Waals surface area (Å²) in [5, 5.41) is 8.01. The molecule has 1 unspecified atom stereocenters. The zero-order valence-electron chi connectivity index (χ0n) is 11.0. The Kier molecular flexibility index (Phi) is 3.75. The minimum Gasteiger partial charge on any atom is -0.309 e. The van der Waals surface area contributed by atoms with Gasteiger partial charge in [-0.2, -0.15) is 5.10 Å². The number of hydrogen-bond acceptors (Lipinski definition) is 2. The van der Waals surface area contributed by atoms with Gasteiger partial charge in [0.2, 0.25) is 0 Å². The molecule has 0 saturated carbocycles. The van der Waals surface area contributed by atoms with Gasteiger partial charge in [-0.15, -0.1) is 0 Å². The standard InChI is InChI=1S/C16H19N3/c1-3-7-15(8-4-1)17-11-14-12-18-19(13-14)16-9-5-2-6-10-16/h1-3,5-6,9-10,12-13,15,17H,4,7-8,11H2. The van der Waals surface area contributed by atoms with Gasteiger partial charge in [-0.25, -0.2) is 4.68 Å². The van der Waals surface area contributed by atoms with E-state index in [0.717, 1.165) is 18.7 Å². The molecule has 19 heavy (non-hydrogen) atoms. The predicted octanol–water partition coefficient (Wildman–Crippen LogP) is 3.07. The van der Waals surface area contributed by atoms with Gasteiger partial charge >= 0.3 is 0 Å². The monoisotopic (exact) mass is 253 g/mol. The van der Waals surface area contributed by atoms with Crippen molar-refractivity contribution in [3.63, 3.8) is 0 Å². The number of aromatic nitrogens is 2. The van der Waals surface area contributed by atoms with Crippen molar-refractivity contribution < 1.29 is 0 Å². The predicted molar refractivity (Wildman–Crippen MR) is 77.2 cm³/mol. The van der Waals surface area contributed by atoms with Gasteiger partial charge < -0.3 is 5.32 Å². The van der Waals surface area contributed by atoms with Gasteiger partial charge in [-0.05, 0) is 31.4 Å². The van der Waals surface area contributed by atoms with Crippen molar-refractivity contribution in [2.75, 3.05) is 0 Å². The van der Waals surface area contributed by atoms with E-state index in [4.69, 9.17) is 0 Å². The minimum absolute atomic E-state index is 0.616. The molecule has 3 rings (SSSR count). The van der Waals surface area contributed by atoms with Crippen LogP contribution in [0.3, 0.4) is 0 Å². The summed E-state index contributed by atoms with van der Waals surface area (Å²) in [5.74, 6) is 0. The Balaban J connectivity index is 1.60. The lowest BCUT2D eigenvalue weighted by Gasteiger charge is -2.18. The Morgan fingerprint density at radius 3 is 2.89 bits per heavy atom. The van der Waals surface area contributed by atoms with Crippen LogP contribution in [0.1, 0.15) is 24.8 Å². The van der Waals surface area contributed by atoms with E-state index in [0.29, 0.717) is 6.04 Å². The van der Waals surface area contributed by atoms with E-state index in [1.165, 1.54) is 18.4 Å². The van der Waals surface area contributed by atoms with E-state index < -0.39 is 0 Å². The largest absolute Gasteiger partial charge is 0.309 e. The molecule has 0 amide bonds. The van der Waals surface area contributed by atoms with Gasteiger partial charge in [0.1, 0.15) is 0 Å². The third-order valence-corrected chi connectivity index (χ3v) is 3.52. The Labute approximate surface area is 114 Å². The molecule has 98 valence electrons. The van der Waals surface area contributed by atoms with Gasteiger partial charge in [0.05, 0.1) is 11.9 Å². The second-order valence-corrected chi connectivity index (χ2v) is 4.99. The highest BCUT2D eigenvalue weighted by atomic mass is 15.3. The van der Waals surface area contributed by atoms with Crippen LogP contribution in [0.2, 0.25) is 0 Å². The van der Waals surface area contributed by atoms with Gasteiger partial charge in [-0.1, -0.05) is 30.4 Å². The van der Waals surface area contributed by atoms with Crippen LogP contribution >= 0.6 is 0 Å². The SMILES string of the molecule is C1=CCC(NCc2cnn(-c3ccccc3)c2)CC1. The van der Waals surface area contributed by atoms with Crippen LogP contribution in [0, 0.1) is 0 Å². The lowest BCUT2D eigenvalue weighted by atomic mass is 10.0. The first-order chi connectivity index (χ1) is 9.42. The van der Waals surface area contributed by atoms with Gasteiger partial charge in [-0.3, -0.25) is 0 Å². The molecule has 1 aliphatic carbocycles. The third-order valence-electron chi connectivity index (χ3n) is 3.52. The Morgan fingerprint density at radius 1 is 1.21 bits per heavy atom. The maximum absolute atomic E-state index is 4.41. The summed E-state index contributed by atoms with van der Waals surface area (Å²) >= 11 is 0. The number of para-hydroxylation sites is 1. The fourth-order valence-corrected chi connectivity index (χ4v) is 2.41. The van der Waals surface area contributed by atoms with Crippen LogP contribution in [0.25, 0.3) is 5.69 Å². The Morgan fingerprint density at radius 2 is 2.11 bits per heavy atom. The van der Waals surface area contributed by atoms with E-state index in [9.17, 15) is 0 Å². The lowest BCUT2D eigenvalue weighted by Crippen LogP contribution is -2.28. The van der Waals surface area contributed by atoms with Crippen molar-refractivity contribution in [1.82, 2.24) is 15.1 Å². The van der Waals surface area contributed by atoms with E-state index >= 15 is 0 Å². The summed E-state index contributed by atoms with van der Waals surface area (Å²) in [6, 6.07) is 10.8. The molecular weight excluding hydrogens is 234 g/mol. The molecule has 0 bridgehead atoms. The average molecular weight is 253 g/mol. The highest BCUT2D eigenvalue weighted by molar-refractivity contribution is 5.30. The number of nitrogens with one attached hydrogen (secondary N) is 1. The molecule has 1 aromatic heterocycles. The normalized spacial score (nSPS) is 18.6. The maximum Gasteiger partial charge on any atom is 0.0645 e. The van der Waals surface area contributed by atoms with Crippen LogP contribution in [0.15, 0.2) is 54.9 Å². The van der Waals surface area contributed by atoms with Gasteiger partial charge in [0.25, 0.3) is 0 Å². The zero-order chi connectivity index (χ0) is 12.9. The topological polar surface area (TPSA) is 29.9 Å². The highest BCUT2D eigenvalue weighted by Crippen LogP contribution is 2.12. The number of benzene rings is 1. The van der Waals surface area contributed by atoms with E-state index in [1.807, 2.05) is 29.1 Å². The minimum atomic E-state index is 0.616. The summed E-state index contributed by atoms with van der Waals surface area (Å²) in [6.07, 6.45) is 12.2. The average Bonchev–Trinajstić information content (AvgIpc) is 2.96. The Bertz CT molecular complexity index is 542. The molecule has 1 N–H and O–H groups in total. The smallest absolute Gasteiger partial charge is 0.0645 e. The lowest BCUT2D eigenvalue weighted by molar-refractivity contribution is 0.474. The summed E-state index contributed by atoms with van der Waals surface area (Å²) < 4.78 is 1.93. The maximum atomic E-state index is 4.41. The molecule has 3 heteroatoms. The second-order valence-electron chi connectivity index (χ2n) is 4.99. The molecule has 0 spiro atoms. The van der Waals surface area contributed by atoms with E-state index in [1.54, 1.807) is 0 Å². The summed E-state index contributed by atoms with van der Waals surface area (Å²) in [6.45, 7) is 0.894. The van der Waals surface area contributed by atoms with Crippen molar-refractivity contribution in [1.29, 1.82) is 0 Å². The molecule has 1 atom stereocenters. The summed E-state index contributed by atoms with van der Waals surface area (Å²) in [7, 11) is 0. The number of allylic oxidation sites excluding steroid dienone is 1. The molecule has 1 aliphatic rings. The molecule has 2 aromatic rings. The van der Waals surface area contributed by atoms with Crippen LogP contribution in [-0.4, -0.2) is 15.8 Å². The highest BCUT2D eigenvalue weighted by Gasteiger charge is 2.09. The molecule has 0 aliphatic heterocycles. The van der Waals surface area contributed by atoms with Crippen molar-refractivity contribution in [2.45, 2.75) is 31.8 Å². The molecule has 0 radical (unpaired) electrons. The fourth-order valence-electron chi connectivity index (χ4n) is 2.41. The molecule has 0 fully saturated rings. The van der Waals surface area contributed by atoms with Crippen LogP contribution in [-0.2, 0) is 6.54 Å². The van der Waals surface area contributed by atoms with Crippen molar-refractivity contribution >= 4 is 0 Å². The Hall–Kier alpha value is -1.87. The fraction of sp³-hybridized carbons (Fsp3) is 0.312. The van der Waals surface area contributed by atoms with Crippen LogP contribution < -0.4 is 5.32 Å². The summed E-state index contributed by atoms with van der Waals surface area (Å²) in [5.41, 5.74) is 2.34. The molecule has 1 heterocycles. The number of nitrogens with zero attached hydrogens (tertiary/aromatic N) is 2. The molecular formula is C16H19N3. The van der Waals surface area contributed by atoms with Gasteiger partial charge in [0.15, 0.2) is 0 Å². The molecule has 3 nitrogen and oxygen atoms in total. The molecule has 0 saturated heterocycles. The second kappa shape index (κ2) is 5.85. The zero-order valence-corrected chi connectivity index (χ0v) is 11.0. The first-order valence-electron chi connectivity index (χ1n) is 6.89. The van der Waals surface area contributed by atoms with E-state index in [-0.39, 0.29) is 0 Å². The first-order valence-corrected chi connectivity index (χ1v) is 6.89. The van der Waals surface area contributed by atoms with Crippen LogP contribution in [0.4, 0.5) is 0 Å². The molecule has 1 aromatic carbocycles.